The number of rotatable bonds is 8. The van der Waals surface area contributed by atoms with Gasteiger partial charge in [0.05, 0.1) is 13.5 Å². The summed E-state index contributed by atoms with van der Waals surface area (Å²) in [6.07, 6.45) is 4.62. The van der Waals surface area contributed by atoms with Crippen molar-refractivity contribution in [3.05, 3.63) is 65.2 Å². The van der Waals surface area contributed by atoms with Crippen LogP contribution in [0.25, 0.3) is 0 Å². The van der Waals surface area contributed by atoms with Crippen molar-refractivity contribution in [3.8, 4) is 5.75 Å². The Labute approximate surface area is 172 Å². The first-order valence-electron chi connectivity index (χ1n) is 10.3. The lowest BCUT2D eigenvalue weighted by Crippen LogP contribution is -2.39. The second-order valence-corrected chi connectivity index (χ2v) is 7.84. The number of piperidine rings is 1. The van der Waals surface area contributed by atoms with Crippen LogP contribution in [-0.2, 0) is 28.9 Å². The zero-order chi connectivity index (χ0) is 20.6. The summed E-state index contributed by atoms with van der Waals surface area (Å²) in [7, 11) is 1.64. The lowest BCUT2D eigenvalue weighted by molar-refractivity contribution is -0.131. The van der Waals surface area contributed by atoms with Crippen LogP contribution in [0, 0.1) is 5.92 Å². The maximum atomic E-state index is 12.6. The topological polar surface area (TPSA) is 72.6 Å². The summed E-state index contributed by atoms with van der Waals surface area (Å²) >= 11 is 0. The maximum Gasteiger partial charge on any atom is 0.226 e. The van der Waals surface area contributed by atoms with Crippen LogP contribution in [-0.4, -0.2) is 36.9 Å². The van der Waals surface area contributed by atoms with Gasteiger partial charge in [-0.25, -0.2) is 0 Å². The number of aryl methyl sites for hydroxylation is 1. The Morgan fingerprint density at radius 2 is 1.72 bits per heavy atom. The number of carbonyl (C=O) groups excluding carboxylic acids is 2. The van der Waals surface area contributed by atoms with E-state index in [0.29, 0.717) is 25.2 Å². The summed E-state index contributed by atoms with van der Waals surface area (Å²) in [6, 6.07) is 16.2. The third-order valence-electron chi connectivity index (χ3n) is 5.66. The molecule has 5 nitrogen and oxygen atoms in total. The lowest BCUT2D eigenvalue weighted by atomic mass is 9.89. The van der Waals surface area contributed by atoms with Crippen LogP contribution in [0.3, 0.4) is 0 Å². The Bertz CT molecular complexity index is 824. The van der Waals surface area contributed by atoms with Gasteiger partial charge in [0, 0.05) is 19.5 Å². The number of likely N-dealkylation sites (tertiary alicyclic amines) is 1. The number of ether oxygens (including phenoxy) is 1. The first kappa shape index (κ1) is 20.9. The molecule has 1 aliphatic heterocycles. The molecular formula is C24H30N2O3. The van der Waals surface area contributed by atoms with E-state index in [4.69, 9.17) is 10.5 Å². The van der Waals surface area contributed by atoms with Gasteiger partial charge in [-0.05, 0) is 60.4 Å². The number of methoxy groups -OCH3 is 1. The van der Waals surface area contributed by atoms with Gasteiger partial charge in [0.2, 0.25) is 11.8 Å². The van der Waals surface area contributed by atoms with Crippen LogP contribution in [0.2, 0.25) is 0 Å². The molecule has 1 fully saturated rings. The average Bonchev–Trinajstić information content (AvgIpc) is 2.74. The minimum atomic E-state index is -0.262. The zero-order valence-electron chi connectivity index (χ0n) is 17.1. The number of primary amides is 1. The molecule has 1 aliphatic rings. The summed E-state index contributed by atoms with van der Waals surface area (Å²) in [6.45, 7) is 1.65. The Morgan fingerprint density at radius 1 is 1.03 bits per heavy atom. The fraction of sp³-hybridized carbons (Fsp3) is 0.417. The van der Waals surface area contributed by atoms with E-state index in [-0.39, 0.29) is 11.8 Å². The molecule has 0 radical (unpaired) electrons. The van der Waals surface area contributed by atoms with E-state index in [9.17, 15) is 9.59 Å². The highest BCUT2D eigenvalue weighted by Crippen LogP contribution is 2.23. The highest BCUT2D eigenvalue weighted by atomic mass is 16.5. The van der Waals surface area contributed by atoms with Crippen LogP contribution in [0.5, 0.6) is 5.75 Å². The van der Waals surface area contributed by atoms with Gasteiger partial charge in [0.25, 0.3) is 0 Å². The quantitative estimate of drug-likeness (QED) is 0.748. The summed E-state index contributed by atoms with van der Waals surface area (Å²) in [4.78, 5) is 25.5. The van der Waals surface area contributed by atoms with Gasteiger partial charge in [-0.15, -0.1) is 0 Å². The molecular weight excluding hydrogens is 364 g/mol. The van der Waals surface area contributed by atoms with E-state index >= 15 is 0 Å². The van der Waals surface area contributed by atoms with Crippen LogP contribution in [0.4, 0.5) is 0 Å². The first-order chi connectivity index (χ1) is 14.0. The number of nitrogens with two attached hydrogens (primary N) is 1. The predicted molar refractivity (Wildman–Crippen MR) is 114 cm³/mol. The van der Waals surface area contributed by atoms with Crippen molar-refractivity contribution in [1.82, 2.24) is 4.90 Å². The van der Waals surface area contributed by atoms with Crippen molar-refractivity contribution in [3.63, 3.8) is 0 Å². The number of benzene rings is 2. The second-order valence-electron chi connectivity index (χ2n) is 7.84. The normalized spacial score (nSPS) is 14.6. The lowest BCUT2D eigenvalue weighted by Gasteiger charge is -2.32. The SMILES string of the molecule is COc1cccc(CC(=O)N2CCC(Cc3ccc(CCC(N)=O)cc3)CC2)c1. The fourth-order valence-electron chi connectivity index (χ4n) is 3.90. The number of carbonyl (C=O) groups is 2. The fourth-order valence-corrected chi connectivity index (χ4v) is 3.90. The van der Waals surface area contributed by atoms with E-state index in [1.165, 1.54) is 5.56 Å². The summed E-state index contributed by atoms with van der Waals surface area (Å²) < 4.78 is 5.24. The standard InChI is InChI=1S/C24H30N2O3/c1-29-22-4-2-3-21(16-22)17-24(28)26-13-11-20(12-14-26)15-19-7-5-18(6-8-19)9-10-23(25)27/h2-8,16,20H,9-15,17H2,1H3,(H2,25,27). The van der Waals surface area contributed by atoms with Crippen molar-refractivity contribution < 1.29 is 14.3 Å². The number of amides is 2. The monoisotopic (exact) mass is 394 g/mol. The molecule has 0 unspecified atom stereocenters. The highest BCUT2D eigenvalue weighted by Gasteiger charge is 2.23. The molecule has 0 spiro atoms. The minimum Gasteiger partial charge on any atom is -0.497 e. The van der Waals surface area contributed by atoms with Crippen LogP contribution in [0.1, 0.15) is 36.0 Å². The van der Waals surface area contributed by atoms with E-state index in [0.717, 1.165) is 49.2 Å². The van der Waals surface area contributed by atoms with Gasteiger partial charge in [-0.2, -0.15) is 0 Å². The highest BCUT2D eigenvalue weighted by molar-refractivity contribution is 5.79. The molecule has 29 heavy (non-hydrogen) atoms. The van der Waals surface area contributed by atoms with Gasteiger partial charge >= 0.3 is 0 Å². The maximum absolute atomic E-state index is 12.6. The van der Waals surface area contributed by atoms with Crippen molar-refractivity contribution >= 4 is 11.8 Å². The molecule has 0 aliphatic carbocycles. The van der Waals surface area contributed by atoms with E-state index in [1.807, 2.05) is 29.2 Å². The Hall–Kier alpha value is -2.82. The Morgan fingerprint density at radius 3 is 2.38 bits per heavy atom. The summed E-state index contributed by atoms with van der Waals surface area (Å²) in [5.74, 6) is 1.32. The van der Waals surface area contributed by atoms with Gasteiger partial charge in [0.1, 0.15) is 5.75 Å². The van der Waals surface area contributed by atoms with Crippen molar-refractivity contribution in [2.24, 2.45) is 11.7 Å². The molecule has 0 saturated carbocycles. The molecule has 0 bridgehead atoms. The molecule has 2 amide bonds. The Balaban J connectivity index is 1.45. The number of hydrogen-bond acceptors (Lipinski definition) is 3. The molecule has 5 heteroatoms. The van der Waals surface area contributed by atoms with E-state index in [1.54, 1.807) is 7.11 Å². The van der Waals surface area contributed by atoms with Gasteiger partial charge in [0.15, 0.2) is 0 Å². The van der Waals surface area contributed by atoms with E-state index < -0.39 is 0 Å². The van der Waals surface area contributed by atoms with Crippen molar-refractivity contribution in [1.29, 1.82) is 0 Å². The molecule has 1 heterocycles. The molecule has 154 valence electrons. The molecule has 2 N–H and O–H groups in total. The molecule has 2 aromatic rings. The summed E-state index contributed by atoms with van der Waals surface area (Å²) in [5, 5.41) is 0. The molecule has 0 aromatic heterocycles. The third kappa shape index (κ3) is 6.34. The summed E-state index contributed by atoms with van der Waals surface area (Å²) in [5.41, 5.74) is 8.66. The average molecular weight is 395 g/mol. The number of hydrogen-bond donors (Lipinski definition) is 1. The Kier molecular flexibility index (Phi) is 7.28. The number of nitrogens with zero attached hydrogens (tertiary/aromatic N) is 1. The van der Waals surface area contributed by atoms with Crippen LogP contribution < -0.4 is 10.5 Å². The largest absolute Gasteiger partial charge is 0.497 e. The molecule has 0 atom stereocenters. The van der Waals surface area contributed by atoms with Gasteiger partial charge in [-0.3, -0.25) is 9.59 Å². The molecule has 2 aromatic carbocycles. The first-order valence-corrected chi connectivity index (χ1v) is 10.3. The van der Waals surface area contributed by atoms with Crippen molar-refractivity contribution in [2.75, 3.05) is 20.2 Å². The van der Waals surface area contributed by atoms with Gasteiger partial charge in [-0.1, -0.05) is 36.4 Å². The molecule has 3 rings (SSSR count). The van der Waals surface area contributed by atoms with Crippen LogP contribution >= 0.6 is 0 Å². The minimum absolute atomic E-state index is 0.190. The third-order valence-corrected chi connectivity index (χ3v) is 5.66. The molecule has 1 saturated heterocycles. The second kappa shape index (κ2) is 10.1. The van der Waals surface area contributed by atoms with Crippen molar-refractivity contribution in [2.45, 2.75) is 38.5 Å². The van der Waals surface area contributed by atoms with E-state index in [2.05, 4.69) is 24.3 Å². The smallest absolute Gasteiger partial charge is 0.226 e. The van der Waals surface area contributed by atoms with Crippen LogP contribution in [0.15, 0.2) is 48.5 Å². The van der Waals surface area contributed by atoms with Gasteiger partial charge < -0.3 is 15.4 Å². The predicted octanol–water partition coefficient (Wildman–Crippen LogP) is 3.14. The zero-order valence-corrected chi connectivity index (χ0v) is 17.1.